The van der Waals surface area contributed by atoms with Gasteiger partial charge in [0.05, 0.1) is 6.20 Å². The number of hydrogen-bond donors (Lipinski definition) is 2. The second-order valence-corrected chi connectivity index (χ2v) is 5.10. The van der Waals surface area contributed by atoms with Gasteiger partial charge in [-0.2, -0.15) is 0 Å². The van der Waals surface area contributed by atoms with Crippen LogP contribution in [-0.2, 0) is 0 Å². The highest BCUT2D eigenvalue weighted by Crippen LogP contribution is 2.41. The zero-order valence-corrected chi connectivity index (χ0v) is 9.69. The number of anilines is 1. The van der Waals surface area contributed by atoms with Crippen molar-refractivity contribution in [1.29, 1.82) is 0 Å². The molecule has 92 valence electrons. The van der Waals surface area contributed by atoms with Crippen LogP contribution in [0.3, 0.4) is 0 Å². The van der Waals surface area contributed by atoms with Crippen LogP contribution in [0.4, 0.5) is 10.7 Å². The number of nitrogens with zero attached hydrogens (tertiary/aromatic N) is 1. The van der Waals surface area contributed by atoms with Gasteiger partial charge in [0.25, 0.3) is 0 Å². The van der Waals surface area contributed by atoms with Crippen molar-refractivity contribution in [3.8, 4) is 0 Å². The molecule has 0 aliphatic heterocycles. The first kappa shape index (κ1) is 10.6. The first-order valence-corrected chi connectivity index (χ1v) is 6.29. The second kappa shape index (κ2) is 4.39. The lowest BCUT2D eigenvalue weighted by Crippen LogP contribution is -2.48. The van der Waals surface area contributed by atoms with Crippen LogP contribution in [0.1, 0.15) is 32.1 Å². The SMILES string of the molecule is O=C(Nc1ccno1)NC1CC2CCC1CC2. The number of rotatable bonds is 2. The minimum atomic E-state index is -0.181. The second-order valence-electron chi connectivity index (χ2n) is 5.10. The summed E-state index contributed by atoms with van der Waals surface area (Å²) < 4.78 is 4.83. The maximum Gasteiger partial charge on any atom is 0.321 e. The molecule has 2 amide bonds. The van der Waals surface area contributed by atoms with Crippen molar-refractivity contribution in [3.05, 3.63) is 12.3 Å². The van der Waals surface area contributed by atoms with E-state index in [1.807, 2.05) is 0 Å². The predicted molar refractivity (Wildman–Crippen MR) is 62.5 cm³/mol. The Hall–Kier alpha value is -1.52. The normalized spacial score (nSPS) is 31.2. The van der Waals surface area contributed by atoms with E-state index in [0.717, 1.165) is 12.3 Å². The molecule has 4 rings (SSSR count). The molecule has 3 saturated carbocycles. The zero-order valence-electron chi connectivity index (χ0n) is 9.69. The van der Waals surface area contributed by atoms with Gasteiger partial charge in [-0.15, -0.1) is 0 Å². The van der Waals surface area contributed by atoms with Crippen molar-refractivity contribution >= 4 is 11.9 Å². The molecule has 0 aromatic carbocycles. The van der Waals surface area contributed by atoms with Gasteiger partial charge >= 0.3 is 6.03 Å². The lowest BCUT2D eigenvalue weighted by molar-refractivity contribution is 0.129. The summed E-state index contributed by atoms with van der Waals surface area (Å²) in [6.45, 7) is 0. The van der Waals surface area contributed by atoms with Gasteiger partial charge < -0.3 is 9.84 Å². The predicted octanol–water partition coefficient (Wildman–Crippen LogP) is 2.37. The molecule has 1 atom stereocenters. The van der Waals surface area contributed by atoms with E-state index in [1.165, 1.54) is 31.9 Å². The molecule has 2 N–H and O–H groups in total. The van der Waals surface area contributed by atoms with E-state index >= 15 is 0 Å². The molecular formula is C12H17N3O2. The molecule has 1 aromatic heterocycles. The molecule has 5 heteroatoms. The lowest BCUT2D eigenvalue weighted by Gasteiger charge is -2.42. The third-order valence-electron chi connectivity index (χ3n) is 4.04. The van der Waals surface area contributed by atoms with Crippen LogP contribution in [0, 0.1) is 11.8 Å². The molecule has 17 heavy (non-hydrogen) atoms. The highest BCUT2D eigenvalue weighted by atomic mass is 16.5. The van der Waals surface area contributed by atoms with Gasteiger partial charge in [-0.05, 0) is 31.1 Å². The van der Waals surface area contributed by atoms with Gasteiger partial charge in [0.1, 0.15) is 0 Å². The molecule has 3 aliphatic carbocycles. The average molecular weight is 235 g/mol. The average Bonchev–Trinajstić information content (AvgIpc) is 2.83. The fourth-order valence-electron chi connectivity index (χ4n) is 3.15. The molecule has 1 unspecified atom stereocenters. The summed E-state index contributed by atoms with van der Waals surface area (Å²) in [6.07, 6.45) is 7.85. The van der Waals surface area contributed by atoms with Crippen molar-refractivity contribution in [2.24, 2.45) is 11.8 Å². The van der Waals surface area contributed by atoms with Crippen molar-refractivity contribution in [1.82, 2.24) is 10.5 Å². The van der Waals surface area contributed by atoms with E-state index in [4.69, 9.17) is 4.52 Å². The van der Waals surface area contributed by atoms with Crippen LogP contribution in [0.25, 0.3) is 0 Å². The number of fused-ring (bicyclic) bond motifs is 3. The number of carbonyl (C=O) groups excluding carboxylic acids is 1. The summed E-state index contributed by atoms with van der Waals surface area (Å²) in [5.41, 5.74) is 0. The van der Waals surface area contributed by atoms with Gasteiger partial charge in [-0.1, -0.05) is 18.0 Å². The standard InChI is InChI=1S/C12H17N3O2/c16-12(15-11-5-6-13-17-11)14-10-7-8-1-3-9(10)4-2-8/h5-6,8-10H,1-4,7H2,(H2,14,15,16). The van der Waals surface area contributed by atoms with Gasteiger partial charge in [-0.3, -0.25) is 5.32 Å². The van der Waals surface area contributed by atoms with Crippen molar-refractivity contribution in [2.75, 3.05) is 5.32 Å². The number of amides is 2. The van der Waals surface area contributed by atoms with Crippen LogP contribution in [0.15, 0.2) is 16.8 Å². The van der Waals surface area contributed by atoms with E-state index in [9.17, 15) is 4.79 Å². The minimum Gasteiger partial charge on any atom is -0.338 e. The third kappa shape index (κ3) is 2.28. The van der Waals surface area contributed by atoms with Crippen LogP contribution in [0.2, 0.25) is 0 Å². The molecule has 1 heterocycles. The van der Waals surface area contributed by atoms with E-state index in [0.29, 0.717) is 17.8 Å². The topological polar surface area (TPSA) is 67.2 Å². The number of urea groups is 1. The number of aromatic nitrogens is 1. The molecule has 3 fully saturated rings. The fourth-order valence-corrected chi connectivity index (χ4v) is 3.15. The Morgan fingerprint density at radius 2 is 2.18 bits per heavy atom. The quantitative estimate of drug-likeness (QED) is 0.827. The first-order valence-electron chi connectivity index (χ1n) is 6.29. The summed E-state index contributed by atoms with van der Waals surface area (Å²) >= 11 is 0. The van der Waals surface area contributed by atoms with E-state index < -0.39 is 0 Å². The molecule has 0 saturated heterocycles. The summed E-state index contributed by atoms with van der Waals surface area (Å²) in [5.74, 6) is 1.87. The summed E-state index contributed by atoms with van der Waals surface area (Å²) in [7, 11) is 0. The fraction of sp³-hybridized carbons (Fsp3) is 0.667. The monoisotopic (exact) mass is 235 g/mol. The third-order valence-corrected chi connectivity index (χ3v) is 4.04. The van der Waals surface area contributed by atoms with Crippen LogP contribution < -0.4 is 10.6 Å². The number of hydrogen-bond acceptors (Lipinski definition) is 3. The van der Waals surface area contributed by atoms with Gasteiger partial charge in [0, 0.05) is 12.1 Å². The highest BCUT2D eigenvalue weighted by Gasteiger charge is 2.36. The number of nitrogens with one attached hydrogen (secondary N) is 2. The molecule has 2 bridgehead atoms. The van der Waals surface area contributed by atoms with E-state index in [2.05, 4.69) is 15.8 Å². The van der Waals surface area contributed by atoms with Gasteiger partial charge in [-0.25, -0.2) is 4.79 Å². The van der Waals surface area contributed by atoms with Gasteiger partial charge in [0.2, 0.25) is 5.88 Å². The Bertz CT molecular complexity index is 382. The van der Waals surface area contributed by atoms with Gasteiger partial charge in [0.15, 0.2) is 0 Å². The summed E-state index contributed by atoms with van der Waals surface area (Å²) in [6, 6.07) is 1.79. The Morgan fingerprint density at radius 3 is 2.76 bits per heavy atom. The molecule has 0 spiro atoms. The molecule has 3 aliphatic rings. The first-order chi connectivity index (χ1) is 8.31. The van der Waals surface area contributed by atoms with Crippen molar-refractivity contribution < 1.29 is 9.32 Å². The van der Waals surface area contributed by atoms with Crippen molar-refractivity contribution in [2.45, 2.75) is 38.1 Å². The molecule has 0 radical (unpaired) electrons. The summed E-state index contributed by atoms with van der Waals surface area (Å²) in [5, 5.41) is 9.24. The Kier molecular flexibility index (Phi) is 2.74. The molecular weight excluding hydrogens is 218 g/mol. The van der Waals surface area contributed by atoms with Crippen molar-refractivity contribution in [3.63, 3.8) is 0 Å². The molecule has 5 nitrogen and oxygen atoms in total. The maximum atomic E-state index is 11.7. The minimum absolute atomic E-state index is 0.181. The van der Waals surface area contributed by atoms with E-state index in [1.54, 1.807) is 6.07 Å². The smallest absolute Gasteiger partial charge is 0.321 e. The molecule has 1 aromatic rings. The van der Waals surface area contributed by atoms with Crippen LogP contribution in [0.5, 0.6) is 0 Å². The highest BCUT2D eigenvalue weighted by molar-refractivity contribution is 5.87. The zero-order chi connectivity index (χ0) is 11.7. The Labute approximate surface area is 99.9 Å². The van der Waals surface area contributed by atoms with E-state index in [-0.39, 0.29) is 6.03 Å². The lowest BCUT2D eigenvalue weighted by atomic mass is 9.68. The maximum absolute atomic E-state index is 11.7. The van der Waals surface area contributed by atoms with Crippen LogP contribution in [-0.4, -0.2) is 17.2 Å². The largest absolute Gasteiger partial charge is 0.338 e. The Balaban J connectivity index is 1.55. The number of carbonyl (C=O) groups is 1. The Morgan fingerprint density at radius 1 is 1.35 bits per heavy atom. The summed E-state index contributed by atoms with van der Waals surface area (Å²) in [4.78, 5) is 11.7. The van der Waals surface area contributed by atoms with Crippen LogP contribution >= 0.6 is 0 Å².